The summed E-state index contributed by atoms with van der Waals surface area (Å²) in [7, 11) is 0. The zero-order chi connectivity index (χ0) is 17.9. The fourth-order valence-corrected chi connectivity index (χ4v) is 2.68. The van der Waals surface area contributed by atoms with Crippen molar-refractivity contribution in [3.63, 3.8) is 0 Å². The molecule has 1 saturated carbocycles. The van der Waals surface area contributed by atoms with Crippen LogP contribution in [0.25, 0.3) is 0 Å². The van der Waals surface area contributed by atoms with Gasteiger partial charge in [0.05, 0.1) is 17.8 Å². The fraction of sp³-hybridized carbons (Fsp3) is 0.500. The van der Waals surface area contributed by atoms with Crippen molar-refractivity contribution in [2.75, 3.05) is 19.8 Å². The predicted molar refractivity (Wildman–Crippen MR) is 87.8 cm³/mol. The van der Waals surface area contributed by atoms with E-state index in [2.05, 4.69) is 19.7 Å². The Morgan fingerprint density at radius 1 is 0.750 bits per heavy atom. The van der Waals surface area contributed by atoms with Gasteiger partial charge in [-0.1, -0.05) is 38.0 Å². The summed E-state index contributed by atoms with van der Waals surface area (Å²) in [6.45, 7) is 10.7. The molecule has 0 radical (unpaired) electrons. The Hall–Kier alpha value is -2.37. The molecule has 0 N–H and O–H groups in total. The smallest absolute Gasteiger partial charge is 0.310 e. The Morgan fingerprint density at radius 2 is 1.21 bits per heavy atom. The van der Waals surface area contributed by atoms with E-state index < -0.39 is 35.7 Å². The molecule has 1 fully saturated rings. The fourth-order valence-electron chi connectivity index (χ4n) is 2.68. The predicted octanol–water partition coefficient (Wildman–Crippen LogP) is 2.21. The highest BCUT2D eigenvalue weighted by Gasteiger charge is 2.43. The summed E-state index contributed by atoms with van der Waals surface area (Å²) in [5.41, 5.74) is 0. The summed E-state index contributed by atoms with van der Waals surface area (Å²) >= 11 is 0. The zero-order valence-electron chi connectivity index (χ0n) is 13.8. The summed E-state index contributed by atoms with van der Waals surface area (Å²) in [5.74, 6) is -3.22. The van der Waals surface area contributed by atoms with Gasteiger partial charge in [-0.2, -0.15) is 0 Å². The number of esters is 3. The molecule has 3 atom stereocenters. The molecule has 1 rings (SSSR count). The van der Waals surface area contributed by atoms with Crippen LogP contribution >= 0.6 is 0 Å². The van der Waals surface area contributed by atoms with E-state index in [1.165, 1.54) is 18.2 Å². The van der Waals surface area contributed by atoms with Gasteiger partial charge < -0.3 is 14.2 Å². The van der Waals surface area contributed by atoms with Crippen molar-refractivity contribution in [1.29, 1.82) is 0 Å². The summed E-state index contributed by atoms with van der Waals surface area (Å²) in [6.07, 6.45) is 5.39. The summed E-state index contributed by atoms with van der Waals surface area (Å²) < 4.78 is 15.2. The van der Waals surface area contributed by atoms with Crippen molar-refractivity contribution >= 4 is 17.9 Å². The minimum absolute atomic E-state index is 0.0509. The molecule has 1 aliphatic carbocycles. The molecule has 0 saturated heterocycles. The molecule has 1 aliphatic rings. The number of carbonyl (C=O) groups excluding carboxylic acids is 3. The average Bonchev–Trinajstić information content (AvgIpc) is 2.61. The Kier molecular flexibility index (Phi) is 8.54. The molecule has 0 amide bonds. The van der Waals surface area contributed by atoms with Gasteiger partial charge in [-0.15, -0.1) is 0 Å². The molecule has 0 spiro atoms. The van der Waals surface area contributed by atoms with E-state index in [0.717, 1.165) is 0 Å². The first-order chi connectivity index (χ1) is 11.5. The minimum atomic E-state index is -0.739. The van der Waals surface area contributed by atoms with Crippen LogP contribution in [0.3, 0.4) is 0 Å². The van der Waals surface area contributed by atoms with E-state index >= 15 is 0 Å². The standard InChI is InChI=1S/C18H24O6/c1-4-9-22-16(19)13-7-8-14(17(20)23-10-5-2)15(12-13)18(21)24-11-6-3/h4-6,13-15H,1-3,7-12H2. The van der Waals surface area contributed by atoms with Crippen molar-refractivity contribution in [2.24, 2.45) is 17.8 Å². The van der Waals surface area contributed by atoms with Crippen LogP contribution < -0.4 is 0 Å². The van der Waals surface area contributed by atoms with Crippen LogP contribution in [0.5, 0.6) is 0 Å². The zero-order valence-corrected chi connectivity index (χ0v) is 13.8. The maximum Gasteiger partial charge on any atom is 0.310 e. The molecule has 24 heavy (non-hydrogen) atoms. The maximum atomic E-state index is 12.3. The number of ether oxygens (including phenoxy) is 3. The van der Waals surface area contributed by atoms with Crippen LogP contribution in [0.15, 0.2) is 38.0 Å². The van der Waals surface area contributed by atoms with Crippen LogP contribution in [0.4, 0.5) is 0 Å². The third kappa shape index (κ3) is 5.68. The van der Waals surface area contributed by atoms with Crippen molar-refractivity contribution in [3.05, 3.63) is 38.0 Å². The lowest BCUT2D eigenvalue weighted by molar-refractivity contribution is -0.165. The average molecular weight is 336 g/mol. The molecule has 3 unspecified atom stereocenters. The first-order valence-electron chi connectivity index (χ1n) is 7.87. The first-order valence-corrected chi connectivity index (χ1v) is 7.87. The Balaban J connectivity index is 2.81. The number of carbonyl (C=O) groups is 3. The quantitative estimate of drug-likeness (QED) is 0.365. The second-order valence-electron chi connectivity index (χ2n) is 5.48. The molecule has 6 heteroatoms. The van der Waals surface area contributed by atoms with Crippen LogP contribution in [0.2, 0.25) is 0 Å². The number of rotatable bonds is 9. The van der Waals surface area contributed by atoms with E-state index in [9.17, 15) is 14.4 Å². The van der Waals surface area contributed by atoms with Gasteiger partial charge in [0.25, 0.3) is 0 Å². The Labute approximate surface area is 142 Å². The molecular formula is C18H24O6. The molecule has 0 aliphatic heterocycles. The molecule has 0 bridgehead atoms. The third-order valence-electron chi connectivity index (χ3n) is 3.82. The van der Waals surface area contributed by atoms with Crippen LogP contribution in [-0.2, 0) is 28.6 Å². The van der Waals surface area contributed by atoms with Gasteiger partial charge in [-0.25, -0.2) is 0 Å². The van der Waals surface area contributed by atoms with Crippen molar-refractivity contribution in [2.45, 2.75) is 19.3 Å². The highest BCUT2D eigenvalue weighted by atomic mass is 16.5. The lowest BCUT2D eigenvalue weighted by Gasteiger charge is -2.32. The van der Waals surface area contributed by atoms with Gasteiger partial charge in [0, 0.05) is 0 Å². The number of hydrogen-bond donors (Lipinski definition) is 0. The molecule has 132 valence electrons. The third-order valence-corrected chi connectivity index (χ3v) is 3.82. The van der Waals surface area contributed by atoms with Gasteiger partial charge >= 0.3 is 17.9 Å². The molecule has 0 heterocycles. The second-order valence-corrected chi connectivity index (χ2v) is 5.48. The highest BCUT2D eigenvalue weighted by molar-refractivity contribution is 5.84. The highest BCUT2D eigenvalue weighted by Crippen LogP contribution is 2.36. The SMILES string of the molecule is C=CCOC(=O)C1CCC(C(=O)OCC=C)C(C(=O)OCC=C)C1. The van der Waals surface area contributed by atoms with Crippen LogP contribution in [-0.4, -0.2) is 37.7 Å². The van der Waals surface area contributed by atoms with E-state index in [1.807, 2.05) is 0 Å². The summed E-state index contributed by atoms with van der Waals surface area (Å²) in [5, 5.41) is 0. The van der Waals surface area contributed by atoms with Gasteiger partial charge in [-0.3, -0.25) is 14.4 Å². The molecule has 0 aromatic heterocycles. The van der Waals surface area contributed by atoms with E-state index in [1.54, 1.807) is 0 Å². The van der Waals surface area contributed by atoms with Gasteiger partial charge in [0.15, 0.2) is 0 Å². The largest absolute Gasteiger partial charge is 0.461 e. The summed E-state index contributed by atoms with van der Waals surface area (Å²) in [6, 6.07) is 0. The van der Waals surface area contributed by atoms with Gasteiger partial charge in [-0.05, 0) is 19.3 Å². The van der Waals surface area contributed by atoms with Crippen molar-refractivity contribution in [3.8, 4) is 0 Å². The second kappa shape index (κ2) is 10.4. The van der Waals surface area contributed by atoms with Crippen molar-refractivity contribution in [1.82, 2.24) is 0 Å². The van der Waals surface area contributed by atoms with E-state index in [4.69, 9.17) is 14.2 Å². The van der Waals surface area contributed by atoms with Crippen LogP contribution in [0, 0.1) is 17.8 Å². The molecule has 0 aromatic rings. The van der Waals surface area contributed by atoms with Gasteiger partial charge in [0.2, 0.25) is 0 Å². The maximum absolute atomic E-state index is 12.3. The normalized spacial score (nSPS) is 22.8. The van der Waals surface area contributed by atoms with Crippen molar-refractivity contribution < 1.29 is 28.6 Å². The minimum Gasteiger partial charge on any atom is -0.461 e. The molecular weight excluding hydrogens is 312 g/mol. The van der Waals surface area contributed by atoms with E-state index in [0.29, 0.717) is 12.8 Å². The lowest BCUT2D eigenvalue weighted by atomic mass is 9.74. The van der Waals surface area contributed by atoms with E-state index in [-0.39, 0.29) is 26.2 Å². The molecule has 0 aromatic carbocycles. The Morgan fingerprint density at radius 3 is 1.71 bits per heavy atom. The Bertz CT molecular complexity index is 496. The van der Waals surface area contributed by atoms with Crippen LogP contribution in [0.1, 0.15) is 19.3 Å². The summed E-state index contributed by atoms with van der Waals surface area (Å²) in [4.78, 5) is 36.4. The molecule has 6 nitrogen and oxygen atoms in total. The first kappa shape index (κ1) is 19.7. The number of hydrogen-bond acceptors (Lipinski definition) is 6. The lowest BCUT2D eigenvalue weighted by Crippen LogP contribution is -2.39. The monoisotopic (exact) mass is 336 g/mol. The van der Waals surface area contributed by atoms with Gasteiger partial charge in [0.1, 0.15) is 19.8 Å². The topological polar surface area (TPSA) is 78.9 Å².